The van der Waals surface area contributed by atoms with Crippen molar-refractivity contribution < 1.29 is 38.6 Å². The Balaban J connectivity index is 2.29. The molecule has 1 unspecified atom stereocenters. The molecule has 10 nitrogen and oxygen atoms in total. The van der Waals surface area contributed by atoms with E-state index < -0.39 is 29.5 Å². The lowest BCUT2D eigenvalue weighted by atomic mass is 9.93. The summed E-state index contributed by atoms with van der Waals surface area (Å²) in [5.41, 5.74) is 1.34. The van der Waals surface area contributed by atoms with E-state index in [1.54, 1.807) is 39.0 Å². The van der Waals surface area contributed by atoms with Crippen LogP contribution in [0.4, 0.5) is 0 Å². The molecule has 36 heavy (non-hydrogen) atoms. The maximum atomic E-state index is 14.0. The van der Waals surface area contributed by atoms with Gasteiger partial charge in [0.15, 0.2) is 0 Å². The first-order valence-electron chi connectivity index (χ1n) is 11.7. The molecule has 0 bridgehead atoms. The number of hydrogen-bond donors (Lipinski definition) is 2. The number of H-pyrrole nitrogens is 1. The van der Waals surface area contributed by atoms with E-state index in [1.807, 2.05) is 14.1 Å². The molecule has 3 rings (SSSR count). The first-order valence-corrected chi connectivity index (χ1v) is 11.7. The number of ketones is 1. The number of aromatic amines is 1. The monoisotopic (exact) mass is 499 g/mol. The molecule has 1 aliphatic rings. The van der Waals surface area contributed by atoms with Crippen LogP contribution in [0.5, 0.6) is 11.5 Å². The largest absolute Gasteiger partial charge is 0.872 e. The first-order chi connectivity index (χ1) is 17.1. The number of amides is 1. The van der Waals surface area contributed by atoms with Crippen LogP contribution in [0.15, 0.2) is 23.8 Å². The lowest BCUT2D eigenvalue weighted by Gasteiger charge is -2.29. The van der Waals surface area contributed by atoms with E-state index in [-0.39, 0.29) is 30.0 Å². The summed E-state index contributed by atoms with van der Waals surface area (Å²) < 4.78 is 16.0. The summed E-state index contributed by atoms with van der Waals surface area (Å²) in [6.07, 6.45) is 0. The number of quaternary nitrogens is 1. The van der Waals surface area contributed by atoms with Gasteiger partial charge in [-0.25, -0.2) is 4.79 Å². The number of nitrogens with one attached hydrogen (secondary N) is 2. The van der Waals surface area contributed by atoms with Crippen LogP contribution in [0, 0.1) is 13.8 Å². The maximum Gasteiger partial charge on any atom is 0.355 e. The Bertz CT molecular complexity index is 1210. The number of benzene rings is 1. The molecule has 194 valence electrons. The predicted molar refractivity (Wildman–Crippen MR) is 130 cm³/mol. The zero-order chi connectivity index (χ0) is 26.7. The van der Waals surface area contributed by atoms with Crippen LogP contribution >= 0.6 is 0 Å². The third-order valence-electron chi connectivity index (χ3n) is 6.26. The van der Waals surface area contributed by atoms with Gasteiger partial charge in [0.25, 0.3) is 5.91 Å². The van der Waals surface area contributed by atoms with E-state index in [1.165, 1.54) is 19.1 Å². The minimum absolute atomic E-state index is 0.138. The number of likely N-dealkylation sites (N-methyl/N-ethyl adjacent to an activating group) is 1. The Hall–Kier alpha value is -3.79. The summed E-state index contributed by atoms with van der Waals surface area (Å²) >= 11 is 0. The second-order valence-electron chi connectivity index (χ2n) is 8.88. The molecule has 1 fully saturated rings. The van der Waals surface area contributed by atoms with E-state index >= 15 is 0 Å². The van der Waals surface area contributed by atoms with Gasteiger partial charge in [0.2, 0.25) is 5.78 Å². The fourth-order valence-electron chi connectivity index (χ4n) is 4.45. The second kappa shape index (κ2) is 10.9. The normalized spacial score (nSPS) is 17.1. The number of hydrogen-bond acceptors (Lipinski definition) is 7. The molecule has 2 heterocycles. The lowest BCUT2D eigenvalue weighted by molar-refractivity contribution is -0.857. The standard InChI is InChI=1S/C26H33N3O7/c1-8-36-26(33)21-14(2)19(15(3)27-21)23(30)20-22(17-13-16(34-6)9-10-18(17)35-7)29(12-11-28(4)5)25(32)24(20)31/h9-10,13,22,27,30H,8,11-12H2,1-7H3. The Kier molecular flexibility index (Phi) is 8.09. The number of methoxy groups -OCH3 is 2. The Labute approximate surface area is 210 Å². The van der Waals surface area contributed by atoms with E-state index in [2.05, 4.69) is 4.98 Å². The molecule has 1 aliphatic heterocycles. The van der Waals surface area contributed by atoms with E-state index in [9.17, 15) is 19.5 Å². The van der Waals surface area contributed by atoms with E-state index in [4.69, 9.17) is 14.2 Å². The van der Waals surface area contributed by atoms with Gasteiger partial charge in [0, 0.05) is 16.8 Å². The molecule has 0 saturated carbocycles. The predicted octanol–water partition coefficient (Wildman–Crippen LogP) is 0.194. The quantitative estimate of drug-likeness (QED) is 0.218. The average molecular weight is 500 g/mol. The van der Waals surface area contributed by atoms with Crippen LogP contribution in [-0.4, -0.2) is 75.6 Å². The van der Waals surface area contributed by atoms with Crippen LogP contribution in [-0.2, 0) is 14.3 Å². The fraction of sp³-hybridized carbons (Fsp3) is 0.423. The van der Waals surface area contributed by atoms with Crippen LogP contribution in [0.1, 0.15) is 45.8 Å². The Morgan fingerprint density at radius 2 is 1.86 bits per heavy atom. The number of ether oxygens (including phenoxy) is 3. The lowest BCUT2D eigenvalue weighted by Crippen LogP contribution is -3.06. The number of nitrogens with zero attached hydrogens (tertiary/aromatic N) is 1. The Morgan fingerprint density at radius 1 is 1.17 bits per heavy atom. The molecule has 0 aliphatic carbocycles. The van der Waals surface area contributed by atoms with Crippen molar-refractivity contribution in [3.05, 3.63) is 51.9 Å². The summed E-state index contributed by atoms with van der Waals surface area (Å²) in [6, 6.07) is 4.05. The number of carbonyl (C=O) groups excluding carboxylic acids is 3. The van der Waals surface area contributed by atoms with E-state index in [0.29, 0.717) is 34.9 Å². The van der Waals surface area contributed by atoms with Crippen molar-refractivity contribution in [3.8, 4) is 11.5 Å². The minimum Gasteiger partial charge on any atom is -0.872 e. The number of Topliss-reactive ketones (excluding diaryl/α,β-unsaturated/α-hetero) is 1. The van der Waals surface area contributed by atoms with Crippen molar-refractivity contribution in [2.75, 3.05) is 48.0 Å². The molecule has 10 heteroatoms. The van der Waals surface area contributed by atoms with Crippen LogP contribution in [0.2, 0.25) is 0 Å². The number of aryl methyl sites for hydroxylation is 1. The van der Waals surface area contributed by atoms with Gasteiger partial charge in [-0.3, -0.25) is 9.59 Å². The van der Waals surface area contributed by atoms with Crippen molar-refractivity contribution >= 4 is 23.4 Å². The van der Waals surface area contributed by atoms with Crippen LogP contribution < -0.4 is 19.5 Å². The Morgan fingerprint density at radius 3 is 2.44 bits per heavy atom. The van der Waals surface area contributed by atoms with E-state index in [0.717, 1.165) is 4.90 Å². The number of carbonyl (C=O) groups is 3. The molecule has 1 aromatic carbocycles. The molecule has 1 saturated heterocycles. The minimum atomic E-state index is -0.985. The third-order valence-corrected chi connectivity index (χ3v) is 6.26. The maximum absolute atomic E-state index is 14.0. The third kappa shape index (κ3) is 4.81. The smallest absolute Gasteiger partial charge is 0.355 e. The van der Waals surface area contributed by atoms with Gasteiger partial charge in [0.05, 0.1) is 54.1 Å². The molecule has 1 aromatic heterocycles. The molecule has 0 radical (unpaired) electrons. The zero-order valence-electron chi connectivity index (χ0n) is 21.7. The summed E-state index contributed by atoms with van der Waals surface area (Å²) in [5, 5.41) is 14.0. The van der Waals surface area contributed by atoms with Crippen molar-refractivity contribution in [1.82, 2.24) is 9.88 Å². The zero-order valence-corrected chi connectivity index (χ0v) is 21.7. The van der Waals surface area contributed by atoms with Crippen molar-refractivity contribution in [2.45, 2.75) is 26.8 Å². The molecule has 2 aromatic rings. The number of rotatable bonds is 9. The highest BCUT2D eigenvalue weighted by atomic mass is 16.5. The van der Waals surface area contributed by atoms with Crippen molar-refractivity contribution in [2.24, 2.45) is 0 Å². The molecule has 1 atom stereocenters. The first kappa shape index (κ1) is 26.8. The van der Waals surface area contributed by atoms with Gasteiger partial charge in [-0.05, 0) is 50.1 Å². The molecule has 1 amide bonds. The molecular weight excluding hydrogens is 466 g/mol. The van der Waals surface area contributed by atoms with Gasteiger partial charge in [-0.2, -0.15) is 0 Å². The van der Waals surface area contributed by atoms with Crippen molar-refractivity contribution in [1.29, 1.82) is 0 Å². The fourth-order valence-corrected chi connectivity index (χ4v) is 4.45. The van der Waals surface area contributed by atoms with Gasteiger partial charge in [-0.1, -0.05) is 5.76 Å². The highest BCUT2D eigenvalue weighted by molar-refractivity contribution is 6.46. The highest BCUT2D eigenvalue weighted by Gasteiger charge is 2.46. The number of aromatic nitrogens is 1. The number of esters is 1. The van der Waals surface area contributed by atoms with Crippen LogP contribution in [0.25, 0.3) is 5.76 Å². The molecule has 2 N–H and O–H groups in total. The SMILES string of the molecule is CCOC(=O)c1[nH]c(C)c(C([O-])=C2C(=O)C(=O)N(CC[NH+](C)C)C2c2cc(OC)ccc2OC)c1C. The van der Waals surface area contributed by atoms with Gasteiger partial charge in [-0.15, -0.1) is 0 Å². The second-order valence-corrected chi connectivity index (χ2v) is 8.88. The van der Waals surface area contributed by atoms with Gasteiger partial charge < -0.3 is 34.1 Å². The molecular formula is C26H33N3O7. The topological polar surface area (TPSA) is 125 Å². The summed E-state index contributed by atoms with van der Waals surface area (Å²) in [5.74, 6) is -1.96. The highest BCUT2D eigenvalue weighted by Crippen LogP contribution is 2.44. The van der Waals surface area contributed by atoms with Crippen molar-refractivity contribution in [3.63, 3.8) is 0 Å². The van der Waals surface area contributed by atoms with Gasteiger partial charge in [0.1, 0.15) is 17.2 Å². The van der Waals surface area contributed by atoms with Crippen LogP contribution in [0.3, 0.4) is 0 Å². The average Bonchev–Trinajstić information content (AvgIpc) is 3.28. The summed E-state index contributed by atoms with van der Waals surface area (Å²) in [4.78, 5) is 44.3. The summed E-state index contributed by atoms with van der Waals surface area (Å²) in [7, 11) is 6.85. The molecule has 0 spiro atoms. The summed E-state index contributed by atoms with van der Waals surface area (Å²) in [6.45, 7) is 5.90. The number of likely N-dealkylation sites (tertiary alicyclic amines) is 1. The van der Waals surface area contributed by atoms with Gasteiger partial charge >= 0.3 is 5.97 Å².